The Hall–Kier alpha value is -1.61. The van der Waals surface area contributed by atoms with Gasteiger partial charge in [0.15, 0.2) is 0 Å². The van der Waals surface area contributed by atoms with Crippen LogP contribution < -0.4 is 5.32 Å². The molecule has 0 amide bonds. The van der Waals surface area contributed by atoms with Gasteiger partial charge in [-0.15, -0.1) is 0 Å². The van der Waals surface area contributed by atoms with Gasteiger partial charge in [-0.2, -0.15) is 5.10 Å². The Kier molecular flexibility index (Phi) is 4.53. The Bertz CT molecular complexity index is 460. The van der Waals surface area contributed by atoms with Gasteiger partial charge in [-0.3, -0.25) is 4.68 Å². The minimum absolute atomic E-state index is 0.433. The van der Waals surface area contributed by atoms with E-state index in [9.17, 15) is 0 Å². The normalized spacial score (nSPS) is 11.1. The van der Waals surface area contributed by atoms with Crippen LogP contribution in [0.3, 0.4) is 0 Å². The molecule has 0 radical (unpaired) electrons. The summed E-state index contributed by atoms with van der Waals surface area (Å²) in [6.07, 6.45) is 5.12. The fourth-order valence-electron chi connectivity index (χ4n) is 1.86. The zero-order valence-electron chi connectivity index (χ0n) is 11.1. The van der Waals surface area contributed by atoms with Crippen molar-refractivity contribution >= 4 is 0 Å². The van der Waals surface area contributed by atoms with Crippen LogP contribution in [0.25, 0.3) is 0 Å². The highest BCUT2D eigenvalue weighted by atomic mass is 15.3. The predicted molar refractivity (Wildman–Crippen MR) is 74.5 cm³/mol. The molecule has 3 nitrogen and oxygen atoms in total. The zero-order chi connectivity index (χ0) is 12.8. The smallest absolute Gasteiger partial charge is 0.0534 e. The van der Waals surface area contributed by atoms with Gasteiger partial charge in [0.2, 0.25) is 0 Å². The van der Waals surface area contributed by atoms with Crippen LogP contribution in [0.5, 0.6) is 0 Å². The fraction of sp³-hybridized carbons (Fsp3) is 0.400. The second-order valence-electron chi connectivity index (χ2n) is 4.83. The van der Waals surface area contributed by atoms with Crippen molar-refractivity contribution in [3.05, 3.63) is 53.9 Å². The summed E-state index contributed by atoms with van der Waals surface area (Å²) in [5.74, 6) is 0. The van der Waals surface area contributed by atoms with Gasteiger partial charge in [0.05, 0.1) is 6.20 Å². The third kappa shape index (κ3) is 3.70. The minimum atomic E-state index is 0.433. The van der Waals surface area contributed by atoms with Crippen LogP contribution in [0.4, 0.5) is 0 Å². The van der Waals surface area contributed by atoms with Gasteiger partial charge < -0.3 is 5.32 Å². The first-order valence-corrected chi connectivity index (χ1v) is 6.53. The molecule has 1 heterocycles. The average molecular weight is 243 g/mol. The molecule has 0 fully saturated rings. The van der Waals surface area contributed by atoms with E-state index in [0.29, 0.717) is 6.04 Å². The number of hydrogen-bond acceptors (Lipinski definition) is 2. The summed E-state index contributed by atoms with van der Waals surface area (Å²) in [7, 11) is 0. The van der Waals surface area contributed by atoms with E-state index in [1.54, 1.807) is 0 Å². The first kappa shape index (κ1) is 12.8. The summed E-state index contributed by atoms with van der Waals surface area (Å²) in [4.78, 5) is 0. The number of hydrogen-bond donors (Lipinski definition) is 1. The number of aromatic nitrogens is 2. The summed E-state index contributed by atoms with van der Waals surface area (Å²) in [6, 6.07) is 11.0. The molecule has 1 N–H and O–H groups in total. The lowest BCUT2D eigenvalue weighted by molar-refractivity contribution is 0.531. The first-order valence-electron chi connectivity index (χ1n) is 6.53. The van der Waals surface area contributed by atoms with Gasteiger partial charge in [0, 0.05) is 24.3 Å². The molecule has 0 spiro atoms. The Balaban J connectivity index is 1.72. The van der Waals surface area contributed by atoms with Gasteiger partial charge in [-0.25, -0.2) is 0 Å². The molecular weight excluding hydrogens is 222 g/mol. The van der Waals surface area contributed by atoms with Crippen LogP contribution in [0.2, 0.25) is 0 Å². The summed E-state index contributed by atoms with van der Waals surface area (Å²) in [5, 5.41) is 7.78. The molecule has 2 aromatic rings. The second kappa shape index (κ2) is 6.36. The van der Waals surface area contributed by atoms with E-state index in [-0.39, 0.29) is 0 Å². The largest absolute Gasteiger partial charge is 0.312 e. The van der Waals surface area contributed by atoms with E-state index in [4.69, 9.17) is 0 Å². The highest BCUT2D eigenvalue weighted by Crippen LogP contribution is 2.05. The minimum Gasteiger partial charge on any atom is -0.312 e. The van der Waals surface area contributed by atoms with Crippen LogP contribution in [-0.2, 0) is 13.0 Å². The zero-order valence-corrected chi connectivity index (χ0v) is 11.1. The molecule has 0 aliphatic carbocycles. The van der Waals surface area contributed by atoms with Crippen LogP contribution >= 0.6 is 0 Å². The topological polar surface area (TPSA) is 29.9 Å². The van der Waals surface area contributed by atoms with Crippen molar-refractivity contribution in [3.8, 4) is 0 Å². The fourth-order valence-corrected chi connectivity index (χ4v) is 1.86. The van der Waals surface area contributed by atoms with Crippen LogP contribution in [-0.4, -0.2) is 16.3 Å². The molecule has 0 bridgehead atoms. The Morgan fingerprint density at radius 2 is 1.94 bits per heavy atom. The molecule has 0 aliphatic heterocycles. The van der Waals surface area contributed by atoms with Crippen molar-refractivity contribution in [1.82, 2.24) is 15.1 Å². The maximum absolute atomic E-state index is 4.33. The molecule has 2 rings (SSSR count). The van der Waals surface area contributed by atoms with Gasteiger partial charge in [0.1, 0.15) is 0 Å². The lowest BCUT2D eigenvalue weighted by Crippen LogP contribution is -2.16. The maximum Gasteiger partial charge on any atom is 0.0534 e. The third-order valence-electron chi connectivity index (χ3n) is 2.95. The third-order valence-corrected chi connectivity index (χ3v) is 2.95. The molecule has 1 aromatic carbocycles. The molecule has 0 atom stereocenters. The van der Waals surface area contributed by atoms with Crippen molar-refractivity contribution in [1.29, 1.82) is 0 Å². The molecule has 0 saturated heterocycles. The molecule has 3 heteroatoms. The predicted octanol–water partition coefficient (Wildman–Crippen LogP) is 2.80. The van der Waals surface area contributed by atoms with Gasteiger partial charge in [-0.05, 0) is 32.4 Å². The molecule has 0 saturated carbocycles. The lowest BCUT2D eigenvalue weighted by Gasteiger charge is -2.04. The summed E-state index contributed by atoms with van der Waals surface area (Å²) in [6.45, 7) is 6.16. The highest BCUT2D eigenvalue weighted by Gasteiger charge is 2.01. The molecule has 1 aromatic heterocycles. The molecular formula is C15H21N3. The SMILES string of the molecule is CC(C)n1cc(CNCCc2ccccc2)cn1. The van der Waals surface area contributed by atoms with E-state index in [0.717, 1.165) is 19.5 Å². The number of rotatable bonds is 6. The lowest BCUT2D eigenvalue weighted by atomic mass is 10.1. The van der Waals surface area contributed by atoms with Crippen LogP contribution in [0, 0.1) is 0 Å². The second-order valence-corrected chi connectivity index (χ2v) is 4.83. The quantitative estimate of drug-likeness (QED) is 0.791. The Morgan fingerprint density at radius 1 is 1.17 bits per heavy atom. The number of nitrogens with one attached hydrogen (secondary N) is 1. The molecule has 0 aliphatic rings. The highest BCUT2D eigenvalue weighted by molar-refractivity contribution is 5.14. The monoisotopic (exact) mass is 243 g/mol. The Labute approximate surface area is 109 Å². The Morgan fingerprint density at radius 3 is 2.61 bits per heavy atom. The van der Waals surface area contributed by atoms with E-state index < -0.39 is 0 Å². The maximum atomic E-state index is 4.33. The molecule has 0 unspecified atom stereocenters. The standard InChI is InChI=1S/C15H21N3/c1-13(2)18-12-15(11-17-18)10-16-9-8-14-6-4-3-5-7-14/h3-7,11-13,16H,8-10H2,1-2H3. The van der Waals surface area contributed by atoms with Gasteiger partial charge >= 0.3 is 0 Å². The first-order chi connectivity index (χ1) is 8.75. The van der Waals surface area contributed by atoms with Crippen molar-refractivity contribution < 1.29 is 0 Å². The number of benzene rings is 1. The van der Waals surface area contributed by atoms with E-state index in [1.807, 2.05) is 10.9 Å². The average Bonchev–Trinajstić information content (AvgIpc) is 2.85. The van der Waals surface area contributed by atoms with E-state index in [2.05, 4.69) is 60.8 Å². The van der Waals surface area contributed by atoms with Gasteiger partial charge in [-0.1, -0.05) is 30.3 Å². The van der Waals surface area contributed by atoms with Gasteiger partial charge in [0.25, 0.3) is 0 Å². The number of nitrogens with zero attached hydrogens (tertiary/aromatic N) is 2. The summed E-state index contributed by atoms with van der Waals surface area (Å²) in [5.41, 5.74) is 2.62. The van der Waals surface area contributed by atoms with Crippen LogP contribution in [0.1, 0.15) is 31.0 Å². The van der Waals surface area contributed by atoms with Crippen molar-refractivity contribution in [3.63, 3.8) is 0 Å². The summed E-state index contributed by atoms with van der Waals surface area (Å²) < 4.78 is 1.99. The summed E-state index contributed by atoms with van der Waals surface area (Å²) >= 11 is 0. The molecule has 18 heavy (non-hydrogen) atoms. The molecule has 96 valence electrons. The van der Waals surface area contributed by atoms with Crippen molar-refractivity contribution in [2.75, 3.05) is 6.54 Å². The van der Waals surface area contributed by atoms with Crippen molar-refractivity contribution in [2.45, 2.75) is 32.9 Å². The van der Waals surface area contributed by atoms with Crippen LogP contribution in [0.15, 0.2) is 42.7 Å². The van der Waals surface area contributed by atoms with Crippen molar-refractivity contribution in [2.24, 2.45) is 0 Å². The van der Waals surface area contributed by atoms with E-state index >= 15 is 0 Å². The van der Waals surface area contributed by atoms with E-state index in [1.165, 1.54) is 11.1 Å².